The van der Waals surface area contributed by atoms with Crippen LogP contribution in [0.5, 0.6) is 0 Å². The molecule has 0 aliphatic rings. The molecule has 88 heavy (non-hydrogen) atoms. The Morgan fingerprint density at radius 1 is 0.250 bits per heavy atom. The average molecular weight is 1140 g/mol. The molecule has 0 saturated carbocycles. The quantitative estimate of drug-likeness (QED) is 0.149. The van der Waals surface area contributed by atoms with Crippen LogP contribution in [0, 0.1) is 0 Å². The lowest BCUT2D eigenvalue weighted by Gasteiger charge is -2.17. The Balaban J connectivity index is 0.918. The third kappa shape index (κ3) is 7.56. The van der Waals surface area contributed by atoms with E-state index in [0.717, 1.165) is 145 Å². The first-order valence-corrected chi connectivity index (χ1v) is 29.4. The van der Waals surface area contributed by atoms with Gasteiger partial charge >= 0.3 is 6.18 Å². The lowest BCUT2D eigenvalue weighted by molar-refractivity contribution is -0.137. The summed E-state index contributed by atoms with van der Waals surface area (Å²) >= 11 is 0. The summed E-state index contributed by atoms with van der Waals surface area (Å²) in [6.45, 7) is 0. The van der Waals surface area contributed by atoms with Crippen LogP contribution in [-0.2, 0) is 6.18 Å². The highest BCUT2D eigenvalue weighted by Gasteiger charge is 2.30. The van der Waals surface area contributed by atoms with Gasteiger partial charge in [-0.1, -0.05) is 188 Å². The summed E-state index contributed by atoms with van der Waals surface area (Å²) in [6, 6.07) is 98.2. The molecule has 0 unspecified atom stereocenters. The molecule has 0 amide bonds. The topological polar surface area (TPSA) is 45.5 Å². The van der Waals surface area contributed by atoms with Gasteiger partial charge in [-0.25, -0.2) is 9.97 Å². The Hall–Kier alpha value is -11.6. The summed E-state index contributed by atoms with van der Waals surface area (Å²) in [4.78, 5) is 11.3. The minimum Gasteiger partial charge on any atom is -0.309 e. The van der Waals surface area contributed by atoms with Crippen molar-refractivity contribution in [3.63, 3.8) is 0 Å². The van der Waals surface area contributed by atoms with E-state index in [1.807, 2.05) is 36.4 Å². The van der Waals surface area contributed by atoms with Crippen LogP contribution in [0.1, 0.15) is 5.56 Å². The zero-order valence-corrected chi connectivity index (χ0v) is 47.0. The fraction of sp³-hybridized carbons (Fsp3) is 0.0127. The van der Waals surface area contributed by atoms with Crippen molar-refractivity contribution in [1.29, 1.82) is 0 Å². The normalized spacial score (nSPS) is 12.3. The summed E-state index contributed by atoms with van der Waals surface area (Å²) in [5.74, 6) is 0.534. The fourth-order valence-corrected chi connectivity index (χ4v) is 14.0. The SMILES string of the molecule is FC(F)(F)c1ccc(-c2ccc(-c3nc(-c4cc(-n5c6ccccc6c6ccc(-n7c8ccccc8c8ccccc87)cc65)cc(-n5c6ccccc6c6ccc(-n7c8ccccc8c8ccccc87)cc65)c4)nc4c3ccc3ccccc34)cc2)cc1. The number of hydrogen-bond acceptors (Lipinski definition) is 2. The van der Waals surface area contributed by atoms with E-state index in [4.69, 9.17) is 9.97 Å². The molecule has 0 saturated heterocycles. The van der Waals surface area contributed by atoms with Gasteiger partial charge in [-0.15, -0.1) is 0 Å². The van der Waals surface area contributed by atoms with Crippen LogP contribution >= 0.6 is 0 Å². The first-order chi connectivity index (χ1) is 43.3. The molecule has 414 valence electrons. The van der Waals surface area contributed by atoms with Gasteiger partial charge in [0, 0.05) is 87.7 Å². The molecule has 0 bridgehead atoms. The number of fused-ring (bicyclic) bond motifs is 15. The van der Waals surface area contributed by atoms with Gasteiger partial charge in [0.05, 0.1) is 60.9 Å². The lowest BCUT2D eigenvalue weighted by atomic mass is 9.98. The molecule has 0 N–H and O–H groups in total. The zero-order valence-electron chi connectivity index (χ0n) is 47.0. The Morgan fingerprint density at radius 2 is 0.602 bits per heavy atom. The van der Waals surface area contributed by atoms with Crippen molar-refractivity contribution < 1.29 is 13.2 Å². The second-order valence-electron chi connectivity index (χ2n) is 22.8. The van der Waals surface area contributed by atoms with E-state index in [0.29, 0.717) is 11.4 Å². The molecule has 9 heteroatoms. The molecule has 0 fully saturated rings. The van der Waals surface area contributed by atoms with Gasteiger partial charge in [-0.3, -0.25) is 0 Å². The number of benzene rings is 13. The lowest BCUT2D eigenvalue weighted by Crippen LogP contribution is -2.03. The highest BCUT2D eigenvalue weighted by atomic mass is 19.4. The summed E-state index contributed by atoms with van der Waals surface area (Å²) in [6.07, 6.45) is -4.43. The molecule has 0 atom stereocenters. The van der Waals surface area contributed by atoms with E-state index in [2.05, 4.69) is 243 Å². The van der Waals surface area contributed by atoms with Gasteiger partial charge in [-0.2, -0.15) is 13.2 Å². The third-order valence-electron chi connectivity index (χ3n) is 18.0. The molecule has 18 aromatic rings. The van der Waals surface area contributed by atoms with Crippen LogP contribution in [0.15, 0.2) is 285 Å². The highest BCUT2D eigenvalue weighted by Crippen LogP contribution is 2.43. The number of para-hydroxylation sites is 6. The minimum absolute atomic E-state index is 0.534. The maximum Gasteiger partial charge on any atom is 0.416 e. The van der Waals surface area contributed by atoms with Crippen LogP contribution in [0.3, 0.4) is 0 Å². The van der Waals surface area contributed by atoms with Crippen LogP contribution < -0.4 is 0 Å². The minimum atomic E-state index is -4.43. The van der Waals surface area contributed by atoms with Crippen molar-refractivity contribution in [3.8, 4) is 56.5 Å². The third-order valence-corrected chi connectivity index (χ3v) is 18.0. The maximum absolute atomic E-state index is 13.7. The van der Waals surface area contributed by atoms with Gasteiger partial charge in [0.15, 0.2) is 5.82 Å². The summed E-state index contributed by atoms with van der Waals surface area (Å²) in [5.41, 5.74) is 16.6. The number of nitrogens with zero attached hydrogens (tertiary/aromatic N) is 6. The predicted octanol–water partition coefficient (Wildman–Crippen LogP) is 21.2. The van der Waals surface area contributed by atoms with Crippen molar-refractivity contribution in [3.05, 3.63) is 291 Å². The number of aromatic nitrogens is 6. The van der Waals surface area contributed by atoms with Crippen molar-refractivity contribution in [2.75, 3.05) is 0 Å². The van der Waals surface area contributed by atoms with E-state index >= 15 is 0 Å². The van der Waals surface area contributed by atoms with Crippen molar-refractivity contribution in [2.24, 2.45) is 0 Å². The van der Waals surface area contributed by atoms with E-state index in [1.165, 1.54) is 33.7 Å². The van der Waals surface area contributed by atoms with Gasteiger partial charge < -0.3 is 18.3 Å². The van der Waals surface area contributed by atoms with Crippen LogP contribution in [0.2, 0.25) is 0 Å². The van der Waals surface area contributed by atoms with Crippen LogP contribution in [-0.4, -0.2) is 28.2 Å². The van der Waals surface area contributed by atoms with Gasteiger partial charge in [0.25, 0.3) is 0 Å². The number of hydrogen-bond donors (Lipinski definition) is 0. The van der Waals surface area contributed by atoms with E-state index in [-0.39, 0.29) is 0 Å². The molecule has 6 nitrogen and oxygen atoms in total. The predicted molar refractivity (Wildman–Crippen MR) is 356 cm³/mol. The average Bonchev–Trinajstić information content (AvgIpc) is 2.46. The van der Waals surface area contributed by atoms with Gasteiger partial charge in [0.1, 0.15) is 0 Å². The van der Waals surface area contributed by atoms with Crippen molar-refractivity contribution in [2.45, 2.75) is 6.18 Å². The first-order valence-electron chi connectivity index (χ1n) is 29.4. The zero-order chi connectivity index (χ0) is 58.4. The molecule has 13 aromatic carbocycles. The van der Waals surface area contributed by atoms with Crippen LogP contribution in [0.25, 0.3) is 165 Å². The number of alkyl halides is 3. The Labute approximate surface area is 501 Å². The highest BCUT2D eigenvalue weighted by molar-refractivity contribution is 6.15. The van der Waals surface area contributed by atoms with Gasteiger partial charge in [-0.05, 0) is 114 Å². The second-order valence-corrected chi connectivity index (χ2v) is 22.8. The molecule has 0 aliphatic carbocycles. The fourth-order valence-electron chi connectivity index (χ4n) is 14.0. The summed E-state index contributed by atoms with van der Waals surface area (Å²) in [5, 5.41) is 12.2. The monoisotopic (exact) mass is 1140 g/mol. The largest absolute Gasteiger partial charge is 0.416 e. The molecular formula is C79H47F3N6. The summed E-state index contributed by atoms with van der Waals surface area (Å²) in [7, 11) is 0. The molecular weight excluding hydrogens is 1090 g/mol. The molecule has 5 heterocycles. The molecule has 5 aromatic heterocycles. The molecule has 0 radical (unpaired) electrons. The number of halogens is 3. The molecule has 18 rings (SSSR count). The van der Waals surface area contributed by atoms with Crippen molar-refractivity contribution >= 4 is 109 Å². The number of rotatable bonds is 7. The van der Waals surface area contributed by atoms with Crippen molar-refractivity contribution in [1.82, 2.24) is 28.2 Å². The Morgan fingerprint density at radius 3 is 1.03 bits per heavy atom. The van der Waals surface area contributed by atoms with E-state index < -0.39 is 11.7 Å². The maximum atomic E-state index is 13.7. The second kappa shape index (κ2) is 19.0. The van der Waals surface area contributed by atoms with E-state index in [1.54, 1.807) is 0 Å². The smallest absolute Gasteiger partial charge is 0.309 e. The molecule has 0 spiro atoms. The Bertz CT molecular complexity index is 5570. The van der Waals surface area contributed by atoms with Gasteiger partial charge in [0.2, 0.25) is 0 Å². The Kier molecular flexibility index (Phi) is 10.7. The molecule has 0 aliphatic heterocycles. The van der Waals surface area contributed by atoms with E-state index in [9.17, 15) is 13.2 Å². The van der Waals surface area contributed by atoms with Crippen LogP contribution in [0.4, 0.5) is 13.2 Å². The first kappa shape index (κ1) is 49.8. The summed E-state index contributed by atoms with van der Waals surface area (Å²) < 4.78 is 50.6. The standard InChI is InChI=1S/C79H47F3N6/c80-79(81,82)53-36-33-49(34-37-53)48-29-31-51(32-30-48)76-67-40-35-50-15-1-2-16-58(50)77(67)84-78(83-76)52-43-56(87-72-27-13-7-21-63(72)65-41-38-54(46-74(65)87)85-68-23-9-3-17-59(68)60-18-4-10-24-69(60)85)45-57(44-52)88-73-28-14-8-22-64(73)66-42-39-55(47-75(66)88)86-70-25-11-5-19-61(70)62-20-6-12-26-71(62)86/h1-47H.